The molecule has 3 heteroatoms. The summed E-state index contributed by atoms with van der Waals surface area (Å²) >= 11 is 0. The smallest absolute Gasteiger partial charge is 0.192 e. The van der Waals surface area contributed by atoms with E-state index in [2.05, 4.69) is 66.0 Å². The van der Waals surface area contributed by atoms with Crippen molar-refractivity contribution in [2.75, 3.05) is 13.2 Å². The second-order valence-corrected chi connectivity index (χ2v) is 5.12. The molecule has 0 saturated carbocycles. The number of benzene rings is 2. The van der Waals surface area contributed by atoms with E-state index >= 15 is 0 Å². The van der Waals surface area contributed by atoms with Crippen molar-refractivity contribution in [3.8, 4) is 0 Å². The third-order valence-corrected chi connectivity index (χ3v) is 3.48. The first kappa shape index (κ1) is 14.8. The molecular weight excluding hydrogens is 245 g/mol. The fraction of sp³-hybridized carbons (Fsp3) is 0.294. The topological polar surface area (TPSA) is 32.3 Å². The first-order chi connectivity index (χ1) is 9.88. The molecule has 2 N–H and O–H groups in total. The predicted molar refractivity (Wildman–Crippen MR) is 87.4 cm³/mol. The number of nitrogens with one attached hydrogen (secondary N) is 1. The van der Waals surface area contributed by atoms with Gasteiger partial charge in [0, 0.05) is 6.04 Å². The molecule has 1 heterocycles. The van der Waals surface area contributed by atoms with E-state index in [1.165, 1.54) is 17.3 Å². The normalized spacial score (nSPS) is 17.1. The average Bonchev–Trinajstić information content (AvgIpc) is 3.03. The molecule has 0 radical (unpaired) electrons. The number of aliphatic hydroxyl groups is 1. The van der Waals surface area contributed by atoms with Crippen LogP contribution >= 0.6 is 0 Å². The Morgan fingerprint density at radius 3 is 1.85 bits per heavy atom. The van der Waals surface area contributed by atoms with Crippen LogP contribution in [0.5, 0.6) is 0 Å². The van der Waals surface area contributed by atoms with Crippen LogP contribution in [0.2, 0.25) is 0 Å². The lowest BCUT2D eigenvalue weighted by Crippen LogP contribution is -2.26. The molecular formula is C17H22BNO. The molecule has 1 atom stereocenters. The average molecular weight is 267 g/mol. The maximum absolute atomic E-state index is 8.50. The standard InChI is InChI=1S/C12H11B.C5H11NO/c1-3-7-11(8-4-1)13-12-9-5-2-6-10-12;7-4-5-2-1-3-6-5/h1-10,13H;5-7H,1-4H2/t;5-/m.0/s1. The summed E-state index contributed by atoms with van der Waals surface area (Å²) in [5, 5.41) is 11.7. The minimum atomic E-state index is 0.306. The van der Waals surface area contributed by atoms with Gasteiger partial charge in [-0.3, -0.25) is 0 Å². The van der Waals surface area contributed by atoms with Crippen LogP contribution in [0, 0.1) is 0 Å². The van der Waals surface area contributed by atoms with Crippen LogP contribution in [0.3, 0.4) is 0 Å². The molecule has 0 amide bonds. The van der Waals surface area contributed by atoms with Gasteiger partial charge in [-0.1, -0.05) is 71.6 Å². The van der Waals surface area contributed by atoms with E-state index in [4.69, 9.17) is 5.11 Å². The lowest BCUT2D eigenvalue weighted by molar-refractivity contribution is 0.255. The van der Waals surface area contributed by atoms with Crippen LogP contribution < -0.4 is 16.2 Å². The summed E-state index contributed by atoms with van der Waals surface area (Å²) in [5.74, 6) is 0. The highest BCUT2D eigenvalue weighted by Gasteiger charge is 2.10. The lowest BCUT2D eigenvalue weighted by Gasteiger charge is -2.01. The molecule has 1 saturated heterocycles. The summed E-state index contributed by atoms with van der Waals surface area (Å²) in [6.07, 6.45) is 2.38. The Balaban J connectivity index is 0.000000178. The van der Waals surface area contributed by atoms with Crippen LogP contribution in [0.15, 0.2) is 60.7 Å². The zero-order chi connectivity index (χ0) is 14.0. The summed E-state index contributed by atoms with van der Waals surface area (Å²) in [6, 6.07) is 21.5. The van der Waals surface area contributed by atoms with Gasteiger partial charge in [0.05, 0.1) is 6.61 Å². The molecule has 1 aliphatic heterocycles. The van der Waals surface area contributed by atoms with Gasteiger partial charge in [0.15, 0.2) is 7.28 Å². The van der Waals surface area contributed by atoms with E-state index in [0.717, 1.165) is 20.2 Å². The van der Waals surface area contributed by atoms with Crippen LogP contribution in [-0.2, 0) is 0 Å². The largest absolute Gasteiger partial charge is 0.395 e. The van der Waals surface area contributed by atoms with Gasteiger partial charge in [-0.25, -0.2) is 0 Å². The van der Waals surface area contributed by atoms with E-state index in [0.29, 0.717) is 12.6 Å². The monoisotopic (exact) mass is 267 g/mol. The van der Waals surface area contributed by atoms with Gasteiger partial charge in [-0.2, -0.15) is 0 Å². The Morgan fingerprint density at radius 2 is 1.50 bits per heavy atom. The number of rotatable bonds is 3. The molecule has 0 aliphatic carbocycles. The molecule has 2 aromatic rings. The Morgan fingerprint density at radius 1 is 0.950 bits per heavy atom. The third-order valence-electron chi connectivity index (χ3n) is 3.48. The molecule has 0 spiro atoms. The van der Waals surface area contributed by atoms with Crippen molar-refractivity contribution < 1.29 is 5.11 Å². The number of hydrogen-bond donors (Lipinski definition) is 2. The predicted octanol–water partition coefficient (Wildman–Crippen LogP) is 0.805. The van der Waals surface area contributed by atoms with Crippen LogP contribution in [0.25, 0.3) is 0 Å². The van der Waals surface area contributed by atoms with Crippen molar-refractivity contribution in [1.29, 1.82) is 0 Å². The van der Waals surface area contributed by atoms with E-state index < -0.39 is 0 Å². The van der Waals surface area contributed by atoms with Gasteiger partial charge in [0.1, 0.15) is 0 Å². The van der Waals surface area contributed by atoms with Crippen molar-refractivity contribution in [3.05, 3.63) is 60.7 Å². The minimum absolute atomic E-state index is 0.306. The molecule has 0 unspecified atom stereocenters. The van der Waals surface area contributed by atoms with Gasteiger partial charge in [0.25, 0.3) is 0 Å². The van der Waals surface area contributed by atoms with E-state index in [9.17, 15) is 0 Å². The molecule has 3 rings (SSSR count). The van der Waals surface area contributed by atoms with Crippen molar-refractivity contribution in [3.63, 3.8) is 0 Å². The van der Waals surface area contributed by atoms with Crippen LogP contribution in [0.4, 0.5) is 0 Å². The highest BCUT2D eigenvalue weighted by molar-refractivity contribution is 6.67. The second kappa shape index (κ2) is 8.57. The first-order valence-electron chi connectivity index (χ1n) is 7.30. The fourth-order valence-electron chi connectivity index (χ4n) is 2.34. The summed E-state index contributed by atoms with van der Waals surface area (Å²) in [6.45, 7) is 1.39. The van der Waals surface area contributed by atoms with Crippen molar-refractivity contribution >= 4 is 18.2 Å². The molecule has 0 aromatic heterocycles. The molecule has 20 heavy (non-hydrogen) atoms. The summed E-state index contributed by atoms with van der Waals surface area (Å²) < 4.78 is 0. The summed E-state index contributed by atoms with van der Waals surface area (Å²) in [7, 11) is 1.03. The van der Waals surface area contributed by atoms with E-state index in [1.807, 2.05) is 0 Å². The summed E-state index contributed by atoms with van der Waals surface area (Å²) in [4.78, 5) is 0. The fourth-order valence-corrected chi connectivity index (χ4v) is 2.34. The maximum atomic E-state index is 8.50. The Hall–Kier alpha value is -1.58. The lowest BCUT2D eigenvalue weighted by atomic mass is 9.64. The molecule has 104 valence electrons. The van der Waals surface area contributed by atoms with Gasteiger partial charge < -0.3 is 10.4 Å². The van der Waals surface area contributed by atoms with Gasteiger partial charge >= 0.3 is 0 Å². The molecule has 0 bridgehead atoms. The molecule has 2 nitrogen and oxygen atoms in total. The van der Waals surface area contributed by atoms with Crippen LogP contribution in [-0.4, -0.2) is 31.6 Å². The number of hydrogen-bond acceptors (Lipinski definition) is 2. The first-order valence-corrected chi connectivity index (χ1v) is 7.30. The molecule has 1 aliphatic rings. The Bertz CT molecular complexity index is 431. The second-order valence-electron chi connectivity index (χ2n) is 5.12. The van der Waals surface area contributed by atoms with Crippen molar-refractivity contribution in [1.82, 2.24) is 5.32 Å². The van der Waals surface area contributed by atoms with Crippen LogP contribution in [0.1, 0.15) is 12.8 Å². The Kier molecular flexibility index (Phi) is 6.35. The van der Waals surface area contributed by atoms with E-state index in [1.54, 1.807) is 0 Å². The number of aliphatic hydroxyl groups excluding tert-OH is 1. The van der Waals surface area contributed by atoms with Gasteiger partial charge in [0.2, 0.25) is 0 Å². The zero-order valence-electron chi connectivity index (χ0n) is 11.8. The Labute approximate surface area is 122 Å². The highest BCUT2D eigenvalue weighted by Crippen LogP contribution is 2.02. The molecule has 2 aromatic carbocycles. The SMILES string of the molecule is B(c1ccccc1)c1ccccc1.OC[C@@H]1CCCN1. The maximum Gasteiger partial charge on any atom is 0.192 e. The highest BCUT2D eigenvalue weighted by atomic mass is 16.3. The molecule has 1 fully saturated rings. The zero-order valence-corrected chi connectivity index (χ0v) is 11.8. The van der Waals surface area contributed by atoms with E-state index in [-0.39, 0.29) is 0 Å². The van der Waals surface area contributed by atoms with Gasteiger partial charge in [-0.05, 0) is 19.4 Å². The summed E-state index contributed by atoms with van der Waals surface area (Å²) in [5.41, 5.74) is 2.74. The minimum Gasteiger partial charge on any atom is -0.395 e. The quantitative estimate of drug-likeness (QED) is 0.806. The van der Waals surface area contributed by atoms with Crippen molar-refractivity contribution in [2.45, 2.75) is 18.9 Å². The van der Waals surface area contributed by atoms with Crippen molar-refractivity contribution in [2.24, 2.45) is 0 Å². The van der Waals surface area contributed by atoms with Gasteiger partial charge in [-0.15, -0.1) is 0 Å². The third kappa shape index (κ3) is 5.20.